The molecule has 0 atom stereocenters. The molecule has 1 amide bonds. The van der Waals surface area contributed by atoms with Crippen LogP contribution in [0.4, 0.5) is 5.69 Å². The largest absolute Gasteiger partial charge is 0.325 e. The second-order valence-electron chi connectivity index (χ2n) is 5.60. The molecular weight excluding hydrogens is 308 g/mol. The van der Waals surface area contributed by atoms with Gasteiger partial charge in [0, 0.05) is 12.2 Å². The highest BCUT2D eigenvalue weighted by Gasteiger charge is 2.13. The molecule has 0 fully saturated rings. The van der Waals surface area contributed by atoms with Crippen molar-refractivity contribution in [3.05, 3.63) is 46.0 Å². The SMILES string of the molecule is CCn1nnc2c(=O)n(CC(=O)Nc3ccc(C)c(C)c3)cnc21. The average Bonchev–Trinajstić information content (AvgIpc) is 2.97. The van der Waals surface area contributed by atoms with Crippen molar-refractivity contribution in [2.45, 2.75) is 33.9 Å². The molecule has 0 saturated heterocycles. The van der Waals surface area contributed by atoms with E-state index in [0.29, 0.717) is 17.9 Å². The predicted octanol–water partition coefficient (Wildman–Crippen LogP) is 1.26. The molecule has 3 rings (SSSR count). The van der Waals surface area contributed by atoms with E-state index in [1.54, 1.807) is 0 Å². The van der Waals surface area contributed by atoms with E-state index in [0.717, 1.165) is 11.1 Å². The van der Waals surface area contributed by atoms with Gasteiger partial charge in [-0.25, -0.2) is 9.67 Å². The van der Waals surface area contributed by atoms with Crippen molar-refractivity contribution in [3.8, 4) is 0 Å². The Morgan fingerprint density at radius 2 is 2.04 bits per heavy atom. The van der Waals surface area contributed by atoms with Gasteiger partial charge >= 0.3 is 0 Å². The Morgan fingerprint density at radius 1 is 1.25 bits per heavy atom. The van der Waals surface area contributed by atoms with E-state index >= 15 is 0 Å². The molecule has 1 N–H and O–H groups in total. The molecule has 1 aromatic carbocycles. The zero-order valence-electron chi connectivity index (χ0n) is 13.8. The summed E-state index contributed by atoms with van der Waals surface area (Å²) in [5, 5.41) is 10.5. The molecule has 0 aliphatic rings. The molecule has 0 radical (unpaired) electrons. The first kappa shape index (κ1) is 15.9. The molecular formula is C16H18N6O2. The number of nitrogens with one attached hydrogen (secondary N) is 1. The second-order valence-corrected chi connectivity index (χ2v) is 5.60. The number of carbonyl (C=O) groups is 1. The smallest absolute Gasteiger partial charge is 0.283 e. The lowest BCUT2D eigenvalue weighted by molar-refractivity contribution is -0.116. The normalized spacial score (nSPS) is 11.0. The Bertz CT molecular complexity index is 972. The molecule has 24 heavy (non-hydrogen) atoms. The summed E-state index contributed by atoms with van der Waals surface area (Å²) < 4.78 is 2.77. The Hall–Kier alpha value is -3.03. The molecule has 124 valence electrons. The van der Waals surface area contributed by atoms with E-state index in [1.807, 2.05) is 39.0 Å². The van der Waals surface area contributed by atoms with E-state index < -0.39 is 0 Å². The Labute approximate surface area is 138 Å². The lowest BCUT2D eigenvalue weighted by atomic mass is 10.1. The van der Waals surface area contributed by atoms with Crippen molar-refractivity contribution < 1.29 is 4.79 Å². The summed E-state index contributed by atoms with van der Waals surface area (Å²) in [6.45, 7) is 6.31. The molecule has 8 heteroatoms. The quantitative estimate of drug-likeness (QED) is 0.779. The van der Waals surface area contributed by atoms with Gasteiger partial charge < -0.3 is 5.32 Å². The van der Waals surface area contributed by atoms with Crippen molar-refractivity contribution in [2.24, 2.45) is 0 Å². The van der Waals surface area contributed by atoms with Crippen LogP contribution in [0.5, 0.6) is 0 Å². The number of nitrogens with zero attached hydrogens (tertiary/aromatic N) is 5. The van der Waals surface area contributed by atoms with Crippen molar-refractivity contribution in [3.63, 3.8) is 0 Å². The van der Waals surface area contributed by atoms with Crippen LogP contribution in [0, 0.1) is 13.8 Å². The zero-order valence-corrected chi connectivity index (χ0v) is 13.8. The minimum atomic E-state index is -0.380. The summed E-state index contributed by atoms with van der Waals surface area (Å²) >= 11 is 0. The van der Waals surface area contributed by atoms with Gasteiger partial charge in [-0.15, -0.1) is 5.10 Å². The van der Waals surface area contributed by atoms with Crippen LogP contribution in [0.3, 0.4) is 0 Å². The molecule has 0 spiro atoms. The van der Waals surface area contributed by atoms with E-state index in [4.69, 9.17) is 0 Å². The van der Waals surface area contributed by atoms with Gasteiger partial charge in [-0.1, -0.05) is 11.3 Å². The number of amides is 1. The second kappa shape index (κ2) is 6.23. The van der Waals surface area contributed by atoms with Crippen LogP contribution in [0.1, 0.15) is 18.1 Å². The minimum Gasteiger partial charge on any atom is -0.325 e. The van der Waals surface area contributed by atoms with Gasteiger partial charge in [0.1, 0.15) is 12.9 Å². The topological polar surface area (TPSA) is 94.7 Å². The third-order valence-electron chi connectivity index (χ3n) is 3.90. The Kier molecular flexibility index (Phi) is 4.11. The van der Waals surface area contributed by atoms with E-state index in [1.165, 1.54) is 15.6 Å². The highest BCUT2D eigenvalue weighted by atomic mass is 16.2. The fourth-order valence-corrected chi connectivity index (χ4v) is 2.39. The number of rotatable bonds is 4. The number of benzene rings is 1. The van der Waals surface area contributed by atoms with Gasteiger partial charge in [0.2, 0.25) is 5.91 Å². The summed E-state index contributed by atoms with van der Waals surface area (Å²) in [7, 11) is 0. The first-order valence-corrected chi connectivity index (χ1v) is 7.65. The van der Waals surface area contributed by atoms with Crippen molar-refractivity contribution in [1.82, 2.24) is 24.5 Å². The van der Waals surface area contributed by atoms with Crippen LogP contribution in [-0.2, 0) is 17.9 Å². The molecule has 2 heterocycles. The van der Waals surface area contributed by atoms with Gasteiger partial charge in [0.15, 0.2) is 11.2 Å². The van der Waals surface area contributed by atoms with Crippen molar-refractivity contribution >= 4 is 22.8 Å². The maximum absolute atomic E-state index is 12.4. The zero-order chi connectivity index (χ0) is 17.3. The van der Waals surface area contributed by atoms with Crippen LogP contribution < -0.4 is 10.9 Å². The lowest BCUT2D eigenvalue weighted by Crippen LogP contribution is -2.28. The maximum atomic E-state index is 12.4. The molecule has 0 bridgehead atoms. The number of anilines is 1. The van der Waals surface area contributed by atoms with E-state index in [2.05, 4.69) is 20.6 Å². The van der Waals surface area contributed by atoms with Crippen molar-refractivity contribution in [1.29, 1.82) is 0 Å². The number of aromatic nitrogens is 5. The number of carbonyl (C=O) groups excluding carboxylic acids is 1. The fraction of sp³-hybridized carbons (Fsp3) is 0.312. The number of aryl methyl sites for hydroxylation is 3. The molecule has 0 aliphatic heterocycles. The Balaban J connectivity index is 1.81. The summed E-state index contributed by atoms with van der Waals surface area (Å²) in [5.74, 6) is -0.301. The lowest BCUT2D eigenvalue weighted by Gasteiger charge is -2.09. The molecule has 8 nitrogen and oxygen atoms in total. The Morgan fingerprint density at radius 3 is 2.75 bits per heavy atom. The molecule has 0 aliphatic carbocycles. The molecule has 3 aromatic rings. The minimum absolute atomic E-state index is 0.131. The molecule has 2 aromatic heterocycles. The number of fused-ring (bicyclic) bond motifs is 1. The standard InChI is InChI=1S/C16H18N6O2/c1-4-22-15-14(19-20-22)16(24)21(9-17-15)8-13(23)18-12-6-5-10(2)11(3)7-12/h5-7,9H,4,8H2,1-3H3,(H,18,23). The molecule has 0 unspecified atom stereocenters. The van der Waals surface area contributed by atoms with Crippen LogP contribution >= 0.6 is 0 Å². The van der Waals surface area contributed by atoms with E-state index in [-0.39, 0.29) is 23.5 Å². The summed E-state index contributed by atoms with van der Waals surface area (Å²) in [5.41, 5.74) is 3.14. The third-order valence-corrected chi connectivity index (χ3v) is 3.90. The fourth-order valence-electron chi connectivity index (χ4n) is 2.39. The van der Waals surface area contributed by atoms with Crippen LogP contribution in [0.25, 0.3) is 11.2 Å². The summed E-state index contributed by atoms with van der Waals surface area (Å²) in [4.78, 5) is 28.7. The van der Waals surface area contributed by atoms with Crippen LogP contribution in [-0.4, -0.2) is 30.5 Å². The average molecular weight is 326 g/mol. The number of hydrogen-bond donors (Lipinski definition) is 1. The van der Waals surface area contributed by atoms with Crippen molar-refractivity contribution in [2.75, 3.05) is 5.32 Å². The summed E-state index contributed by atoms with van der Waals surface area (Å²) in [6.07, 6.45) is 1.35. The van der Waals surface area contributed by atoms with Crippen LogP contribution in [0.15, 0.2) is 29.3 Å². The maximum Gasteiger partial charge on any atom is 0.283 e. The highest BCUT2D eigenvalue weighted by molar-refractivity contribution is 5.90. The van der Waals surface area contributed by atoms with Gasteiger partial charge in [0.05, 0.1) is 0 Å². The van der Waals surface area contributed by atoms with Gasteiger partial charge in [-0.05, 0) is 44.0 Å². The highest BCUT2D eigenvalue weighted by Crippen LogP contribution is 2.14. The van der Waals surface area contributed by atoms with E-state index in [9.17, 15) is 9.59 Å². The number of hydrogen-bond acceptors (Lipinski definition) is 5. The third kappa shape index (κ3) is 2.90. The van der Waals surface area contributed by atoms with Gasteiger partial charge in [0.25, 0.3) is 5.56 Å². The summed E-state index contributed by atoms with van der Waals surface area (Å²) in [6, 6.07) is 5.66. The first-order valence-electron chi connectivity index (χ1n) is 7.65. The monoisotopic (exact) mass is 326 g/mol. The van der Waals surface area contributed by atoms with Gasteiger partial charge in [-0.2, -0.15) is 0 Å². The predicted molar refractivity (Wildman–Crippen MR) is 89.8 cm³/mol. The van der Waals surface area contributed by atoms with Gasteiger partial charge in [-0.3, -0.25) is 14.2 Å². The first-order chi connectivity index (χ1) is 11.5. The van der Waals surface area contributed by atoms with Crippen LogP contribution in [0.2, 0.25) is 0 Å². The molecule has 0 saturated carbocycles.